The van der Waals surface area contributed by atoms with Gasteiger partial charge in [0, 0.05) is 6.04 Å². The summed E-state index contributed by atoms with van der Waals surface area (Å²) in [5.74, 6) is 6.60. The summed E-state index contributed by atoms with van der Waals surface area (Å²) in [6.07, 6.45) is 2.95. The summed E-state index contributed by atoms with van der Waals surface area (Å²) < 4.78 is 5.26. The molecule has 1 atom stereocenters. The molecule has 0 saturated heterocycles. The molecule has 0 bridgehead atoms. The summed E-state index contributed by atoms with van der Waals surface area (Å²) in [4.78, 5) is 0. The van der Waals surface area contributed by atoms with Gasteiger partial charge in [-0.05, 0) is 55.0 Å². The van der Waals surface area contributed by atoms with E-state index in [1.54, 1.807) is 7.11 Å². The summed E-state index contributed by atoms with van der Waals surface area (Å²) >= 11 is 0. The van der Waals surface area contributed by atoms with Gasteiger partial charge in [0.2, 0.25) is 0 Å². The maximum atomic E-state index is 5.71. The number of nitrogens with one attached hydrogen (secondary N) is 1. The highest BCUT2D eigenvalue weighted by Gasteiger charge is 2.09. The first-order valence-corrected chi connectivity index (χ1v) is 7.36. The van der Waals surface area contributed by atoms with Gasteiger partial charge in [-0.25, -0.2) is 0 Å². The number of ether oxygens (including phenoxy) is 1. The molecule has 3 heteroatoms. The van der Waals surface area contributed by atoms with Crippen LogP contribution in [0, 0.1) is 6.92 Å². The largest absolute Gasteiger partial charge is 0.497 e. The lowest BCUT2D eigenvalue weighted by atomic mass is 9.97. The topological polar surface area (TPSA) is 47.3 Å². The zero-order chi connectivity index (χ0) is 15.1. The van der Waals surface area contributed by atoms with E-state index in [-0.39, 0.29) is 6.04 Å². The van der Waals surface area contributed by atoms with E-state index >= 15 is 0 Å². The van der Waals surface area contributed by atoms with E-state index < -0.39 is 0 Å². The average molecular weight is 284 g/mol. The van der Waals surface area contributed by atoms with Crippen molar-refractivity contribution in [2.24, 2.45) is 5.84 Å². The summed E-state index contributed by atoms with van der Waals surface area (Å²) in [6, 6.07) is 16.9. The molecule has 0 aliphatic rings. The summed E-state index contributed by atoms with van der Waals surface area (Å²) in [5, 5.41) is 0. The summed E-state index contributed by atoms with van der Waals surface area (Å²) in [5.41, 5.74) is 6.91. The standard InChI is InChI=1S/C18H24N2O/c1-14-6-3-4-8-16(14)10-11-17(20-19)12-15-7-5-9-18(13-15)21-2/h3-9,13,17,20H,10-12,19H2,1-2H3. The number of methoxy groups -OCH3 is 1. The first-order chi connectivity index (χ1) is 10.2. The highest BCUT2D eigenvalue weighted by Crippen LogP contribution is 2.16. The maximum Gasteiger partial charge on any atom is 0.119 e. The number of rotatable bonds is 7. The van der Waals surface area contributed by atoms with Crippen LogP contribution in [0.15, 0.2) is 48.5 Å². The molecular weight excluding hydrogens is 260 g/mol. The molecule has 112 valence electrons. The lowest BCUT2D eigenvalue weighted by molar-refractivity contribution is 0.413. The minimum Gasteiger partial charge on any atom is -0.497 e. The van der Waals surface area contributed by atoms with E-state index in [1.165, 1.54) is 16.7 Å². The zero-order valence-corrected chi connectivity index (χ0v) is 12.8. The third-order valence-corrected chi connectivity index (χ3v) is 3.88. The summed E-state index contributed by atoms with van der Waals surface area (Å²) in [6.45, 7) is 2.16. The second kappa shape index (κ2) is 7.81. The predicted molar refractivity (Wildman–Crippen MR) is 87.3 cm³/mol. The van der Waals surface area contributed by atoms with Crippen molar-refractivity contribution in [3.8, 4) is 5.75 Å². The highest BCUT2D eigenvalue weighted by molar-refractivity contribution is 5.29. The molecule has 0 heterocycles. The molecule has 21 heavy (non-hydrogen) atoms. The quantitative estimate of drug-likeness (QED) is 0.607. The second-order valence-electron chi connectivity index (χ2n) is 5.38. The van der Waals surface area contributed by atoms with Gasteiger partial charge in [0.05, 0.1) is 7.11 Å². The van der Waals surface area contributed by atoms with Crippen LogP contribution in [0.1, 0.15) is 23.1 Å². The highest BCUT2D eigenvalue weighted by atomic mass is 16.5. The van der Waals surface area contributed by atoms with Crippen molar-refractivity contribution < 1.29 is 4.74 Å². The van der Waals surface area contributed by atoms with Crippen LogP contribution in [-0.4, -0.2) is 13.2 Å². The van der Waals surface area contributed by atoms with Gasteiger partial charge >= 0.3 is 0 Å². The zero-order valence-electron chi connectivity index (χ0n) is 12.8. The first kappa shape index (κ1) is 15.5. The third kappa shape index (κ3) is 4.59. The number of aryl methyl sites for hydroxylation is 2. The lowest BCUT2D eigenvalue weighted by Gasteiger charge is -2.17. The van der Waals surface area contributed by atoms with Crippen LogP contribution in [0.3, 0.4) is 0 Å². The monoisotopic (exact) mass is 284 g/mol. The number of hydrazine groups is 1. The van der Waals surface area contributed by atoms with Crippen LogP contribution in [0.5, 0.6) is 5.75 Å². The SMILES string of the molecule is COc1cccc(CC(CCc2ccccc2C)NN)c1. The number of hydrogen-bond acceptors (Lipinski definition) is 3. The van der Waals surface area contributed by atoms with Crippen molar-refractivity contribution in [2.45, 2.75) is 32.2 Å². The molecule has 3 nitrogen and oxygen atoms in total. The molecule has 3 N–H and O–H groups in total. The molecule has 0 radical (unpaired) electrons. The molecule has 0 aromatic heterocycles. The van der Waals surface area contributed by atoms with Gasteiger partial charge in [0.1, 0.15) is 5.75 Å². The fourth-order valence-electron chi connectivity index (χ4n) is 2.55. The first-order valence-electron chi connectivity index (χ1n) is 7.36. The Bertz CT molecular complexity index is 569. The Hall–Kier alpha value is -1.84. The Morgan fingerprint density at radius 3 is 2.67 bits per heavy atom. The molecule has 2 aromatic carbocycles. The third-order valence-electron chi connectivity index (χ3n) is 3.88. The van der Waals surface area contributed by atoms with Gasteiger partial charge in [-0.15, -0.1) is 0 Å². The van der Waals surface area contributed by atoms with E-state index in [1.807, 2.05) is 12.1 Å². The van der Waals surface area contributed by atoms with Crippen molar-refractivity contribution in [3.05, 3.63) is 65.2 Å². The average Bonchev–Trinajstić information content (AvgIpc) is 2.53. The van der Waals surface area contributed by atoms with Gasteiger partial charge in [0.15, 0.2) is 0 Å². The molecule has 0 amide bonds. The molecule has 1 unspecified atom stereocenters. The van der Waals surface area contributed by atoms with Gasteiger partial charge in [0.25, 0.3) is 0 Å². The fraction of sp³-hybridized carbons (Fsp3) is 0.333. The Morgan fingerprint density at radius 1 is 1.14 bits per heavy atom. The van der Waals surface area contributed by atoms with Crippen molar-refractivity contribution in [1.29, 1.82) is 0 Å². The van der Waals surface area contributed by atoms with Crippen LogP contribution < -0.4 is 16.0 Å². The maximum absolute atomic E-state index is 5.71. The van der Waals surface area contributed by atoms with E-state index in [0.29, 0.717) is 0 Å². The van der Waals surface area contributed by atoms with Crippen LogP contribution in [0.4, 0.5) is 0 Å². The van der Waals surface area contributed by atoms with E-state index in [0.717, 1.165) is 25.0 Å². The van der Waals surface area contributed by atoms with E-state index in [9.17, 15) is 0 Å². The molecule has 0 aliphatic heterocycles. The number of benzene rings is 2. The van der Waals surface area contributed by atoms with Gasteiger partial charge < -0.3 is 4.74 Å². The van der Waals surface area contributed by atoms with Crippen LogP contribution in [-0.2, 0) is 12.8 Å². The normalized spacial score (nSPS) is 12.1. The van der Waals surface area contributed by atoms with Crippen LogP contribution in [0.25, 0.3) is 0 Å². The Labute approximate surface area is 127 Å². The Kier molecular flexibility index (Phi) is 5.78. The molecule has 2 rings (SSSR count). The molecule has 0 aliphatic carbocycles. The molecule has 0 fully saturated rings. The lowest BCUT2D eigenvalue weighted by Crippen LogP contribution is -2.37. The van der Waals surface area contributed by atoms with Crippen molar-refractivity contribution in [3.63, 3.8) is 0 Å². The van der Waals surface area contributed by atoms with Gasteiger partial charge in [-0.3, -0.25) is 11.3 Å². The van der Waals surface area contributed by atoms with Crippen molar-refractivity contribution in [1.82, 2.24) is 5.43 Å². The molecule has 2 aromatic rings. The number of nitrogens with two attached hydrogens (primary N) is 1. The minimum absolute atomic E-state index is 0.261. The van der Waals surface area contributed by atoms with E-state index in [4.69, 9.17) is 10.6 Å². The minimum atomic E-state index is 0.261. The number of hydrogen-bond donors (Lipinski definition) is 2. The van der Waals surface area contributed by atoms with Crippen molar-refractivity contribution >= 4 is 0 Å². The molecular formula is C18H24N2O. The smallest absolute Gasteiger partial charge is 0.119 e. The van der Waals surface area contributed by atoms with Crippen LogP contribution in [0.2, 0.25) is 0 Å². The predicted octanol–water partition coefficient (Wildman–Crippen LogP) is 3.01. The molecule has 0 saturated carbocycles. The second-order valence-corrected chi connectivity index (χ2v) is 5.38. The van der Waals surface area contributed by atoms with Crippen molar-refractivity contribution in [2.75, 3.05) is 7.11 Å². The van der Waals surface area contributed by atoms with Crippen LogP contribution >= 0.6 is 0 Å². The Morgan fingerprint density at radius 2 is 1.95 bits per heavy atom. The van der Waals surface area contributed by atoms with E-state index in [2.05, 4.69) is 48.7 Å². The van der Waals surface area contributed by atoms with Gasteiger partial charge in [-0.1, -0.05) is 36.4 Å². The Balaban J connectivity index is 1.95. The summed E-state index contributed by atoms with van der Waals surface area (Å²) in [7, 11) is 1.69. The van der Waals surface area contributed by atoms with Gasteiger partial charge in [-0.2, -0.15) is 0 Å². The fourth-order valence-corrected chi connectivity index (χ4v) is 2.55. The molecule has 0 spiro atoms.